The predicted octanol–water partition coefficient (Wildman–Crippen LogP) is 3.68. The number of nitrogens with two attached hydrogens (primary N) is 1. The molecule has 2 aromatic rings. The number of rotatable bonds is 4. The molecule has 0 atom stereocenters. The van der Waals surface area contributed by atoms with Gasteiger partial charge in [0, 0.05) is 11.6 Å². The first kappa shape index (κ1) is 13.6. The maximum Gasteiger partial charge on any atom is 0.178 e. The van der Waals surface area contributed by atoms with Gasteiger partial charge in [-0.15, -0.1) is 11.3 Å². The number of thiophene rings is 1. The number of Topliss-reactive ketones (excluding diaryl/α,β-unsaturated/α-hetero) is 1. The molecule has 1 aromatic heterocycles. The third kappa shape index (κ3) is 2.60. The lowest BCUT2D eigenvalue weighted by molar-refractivity contribution is 0.0972. The van der Waals surface area contributed by atoms with Gasteiger partial charge in [0.05, 0.1) is 10.6 Å². The van der Waals surface area contributed by atoms with Crippen molar-refractivity contribution in [1.82, 2.24) is 0 Å². The Morgan fingerprint density at radius 3 is 2.62 bits per heavy atom. The zero-order valence-electron chi connectivity index (χ0n) is 11.0. The molecular weight excluding hydrogens is 289 g/mol. The number of nitrogens with one attached hydrogen (secondary N) is 1. The molecule has 0 radical (unpaired) electrons. The Kier molecular flexibility index (Phi) is 3.35. The molecule has 0 bridgehead atoms. The summed E-state index contributed by atoms with van der Waals surface area (Å²) in [5, 5.41) is 12.8. The van der Waals surface area contributed by atoms with Crippen molar-refractivity contribution in [3.8, 4) is 6.07 Å². The van der Waals surface area contributed by atoms with E-state index >= 15 is 0 Å². The second kappa shape index (κ2) is 5.19. The van der Waals surface area contributed by atoms with Crippen LogP contribution in [0, 0.1) is 23.1 Å². The van der Waals surface area contributed by atoms with E-state index < -0.39 is 0 Å². The summed E-state index contributed by atoms with van der Waals surface area (Å²) in [5.74, 6) is -0.270. The molecule has 1 aliphatic carbocycles. The Labute approximate surface area is 125 Å². The lowest BCUT2D eigenvalue weighted by atomic mass is 10.1. The summed E-state index contributed by atoms with van der Waals surface area (Å²) in [5.41, 5.74) is 7.08. The molecule has 1 heterocycles. The minimum Gasteiger partial charge on any atom is -0.396 e. The van der Waals surface area contributed by atoms with Gasteiger partial charge >= 0.3 is 0 Å². The SMILES string of the molecule is N#Cc1c(Nc2ccc(F)cc2)sc(C(=O)C2CC2)c1N. The third-order valence-electron chi connectivity index (χ3n) is 3.33. The van der Waals surface area contributed by atoms with Crippen LogP contribution in [-0.2, 0) is 0 Å². The molecule has 1 fully saturated rings. The Morgan fingerprint density at radius 1 is 1.38 bits per heavy atom. The highest BCUT2D eigenvalue weighted by molar-refractivity contribution is 7.19. The van der Waals surface area contributed by atoms with Crippen LogP contribution in [0.5, 0.6) is 0 Å². The molecular formula is C15H12FN3OS. The largest absolute Gasteiger partial charge is 0.396 e. The van der Waals surface area contributed by atoms with E-state index in [1.165, 1.54) is 23.5 Å². The maximum absolute atomic E-state index is 12.9. The number of carbonyl (C=O) groups is 1. The Balaban J connectivity index is 1.94. The van der Waals surface area contributed by atoms with Crippen molar-refractivity contribution in [1.29, 1.82) is 5.26 Å². The number of hydrogen-bond acceptors (Lipinski definition) is 5. The lowest BCUT2D eigenvalue weighted by Crippen LogP contribution is -2.02. The minimum absolute atomic E-state index is 0.0150. The van der Waals surface area contributed by atoms with Crippen LogP contribution in [0.2, 0.25) is 0 Å². The van der Waals surface area contributed by atoms with E-state index in [2.05, 4.69) is 5.32 Å². The maximum atomic E-state index is 12.9. The van der Waals surface area contributed by atoms with Crippen LogP contribution in [-0.4, -0.2) is 5.78 Å². The summed E-state index contributed by atoms with van der Waals surface area (Å²) >= 11 is 1.18. The molecule has 3 N–H and O–H groups in total. The lowest BCUT2D eigenvalue weighted by Gasteiger charge is -2.03. The molecule has 21 heavy (non-hydrogen) atoms. The van der Waals surface area contributed by atoms with Crippen LogP contribution in [0.15, 0.2) is 24.3 Å². The van der Waals surface area contributed by atoms with Gasteiger partial charge in [-0.2, -0.15) is 5.26 Å². The van der Waals surface area contributed by atoms with Crippen LogP contribution in [0.1, 0.15) is 28.1 Å². The molecule has 0 saturated heterocycles. The van der Waals surface area contributed by atoms with E-state index in [-0.39, 0.29) is 28.8 Å². The molecule has 0 spiro atoms. The van der Waals surface area contributed by atoms with Crippen LogP contribution < -0.4 is 11.1 Å². The standard InChI is InChI=1S/C15H12FN3OS/c16-9-3-5-10(6-4-9)19-15-11(7-17)12(18)14(21-15)13(20)8-1-2-8/h3-6,8,19H,1-2,18H2. The molecule has 3 rings (SSSR count). The monoisotopic (exact) mass is 301 g/mol. The molecule has 0 unspecified atom stereocenters. The quantitative estimate of drug-likeness (QED) is 0.844. The fraction of sp³-hybridized carbons (Fsp3) is 0.200. The highest BCUT2D eigenvalue weighted by Crippen LogP contribution is 2.42. The second-order valence-corrected chi connectivity index (χ2v) is 5.95. The van der Waals surface area contributed by atoms with Crippen molar-refractivity contribution in [3.63, 3.8) is 0 Å². The van der Waals surface area contributed by atoms with Crippen LogP contribution in [0.3, 0.4) is 0 Å². The Morgan fingerprint density at radius 2 is 2.05 bits per heavy atom. The first-order valence-corrected chi connectivity index (χ1v) is 7.31. The summed E-state index contributed by atoms with van der Waals surface area (Å²) in [7, 11) is 0. The summed E-state index contributed by atoms with van der Waals surface area (Å²) in [6, 6.07) is 7.80. The van der Waals surface area contributed by atoms with E-state index in [0.717, 1.165) is 12.8 Å². The highest BCUT2D eigenvalue weighted by atomic mass is 32.1. The third-order valence-corrected chi connectivity index (χ3v) is 4.47. The fourth-order valence-corrected chi connectivity index (χ4v) is 3.13. The molecule has 4 nitrogen and oxygen atoms in total. The average Bonchev–Trinajstić information content (AvgIpc) is 3.27. The number of nitrogen functional groups attached to an aromatic ring is 1. The zero-order valence-corrected chi connectivity index (χ0v) is 11.8. The molecule has 0 amide bonds. The van der Waals surface area contributed by atoms with Crippen molar-refractivity contribution in [2.75, 3.05) is 11.1 Å². The molecule has 1 aromatic carbocycles. The van der Waals surface area contributed by atoms with Gasteiger partial charge in [0.25, 0.3) is 0 Å². The normalized spacial score (nSPS) is 13.7. The number of benzene rings is 1. The number of halogens is 1. The molecule has 1 aliphatic rings. The van der Waals surface area contributed by atoms with Crippen molar-refractivity contribution >= 4 is 33.5 Å². The van der Waals surface area contributed by atoms with Gasteiger partial charge in [-0.1, -0.05) is 0 Å². The topological polar surface area (TPSA) is 78.9 Å². The van der Waals surface area contributed by atoms with Crippen molar-refractivity contribution in [3.05, 3.63) is 40.5 Å². The number of nitrogens with zero attached hydrogens (tertiary/aromatic N) is 1. The predicted molar refractivity (Wildman–Crippen MR) is 80.2 cm³/mol. The van der Waals surface area contributed by atoms with Crippen LogP contribution in [0.25, 0.3) is 0 Å². The van der Waals surface area contributed by atoms with Gasteiger partial charge in [-0.3, -0.25) is 4.79 Å². The van der Waals surface area contributed by atoms with Crippen LogP contribution in [0.4, 0.5) is 20.8 Å². The highest BCUT2D eigenvalue weighted by Gasteiger charge is 2.34. The van der Waals surface area contributed by atoms with Gasteiger partial charge in [0.1, 0.15) is 22.5 Å². The van der Waals surface area contributed by atoms with E-state index in [4.69, 9.17) is 5.73 Å². The summed E-state index contributed by atoms with van der Waals surface area (Å²) in [4.78, 5) is 12.6. The first-order valence-electron chi connectivity index (χ1n) is 6.49. The molecule has 1 saturated carbocycles. The number of carbonyl (C=O) groups excluding carboxylic acids is 1. The summed E-state index contributed by atoms with van der Waals surface area (Å²) in [6.07, 6.45) is 1.78. The number of anilines is 3. The van der Waals surface area contributed by atoms with E-state index in [9.17, 15) is 14.4 Å². The van der Waals surface area contributed by atoms with Gasteiger partial charge in [-0.05, 0) is 37.1 Å². The number of ketones is 1. The summed E-state index contributed by atoms with van der Waals surface area (Å²) < 4.78 is 12.9. The van der Waals surface area contributed by atoms with Crippen molar-refractivity contribution in [2.24, 2.45) is 5.92 Å². The van der Waals surface area contributed by atoms with Crippen molar-refractivity contribution < 1.29 is 9.18 Å². The average molecular weight is 301 g/mol. The molecule has 6 heteroatoms. The van der Waals surface area contributed by atoms with E-state index in [1.807, 2.05) is 6.07 Å². The molecule has 106 valence electrons. The molecule has 0 aliphatic heterocycles. The fourth-order valence-electron chi connectivity index (χ4n) is 2.02. The number of nitriles is 1. The Bertz CT molecular complexity index is 742. The van der Waals surface area contributed by atoms with E-state index in [1.54, 1.807) is 12.1 Å². The van der Waals surface area contributed by atoms with Crippen LogP contribution >= 0.6 is 11.3 Å². The smallest absolute Gasteiger partial charge is 0.178 e. The summed E-state index contributed by atoms with van der Waals surface area (Å²) in [6.45, 7) is 0. The van der Waals surface area contributed by atoms with Gasteiger partial charge in [0.15, 0.2) is 5.78 Å². The number of hydrogen-bond donors (Lipinski definition) is 2. The van der Waals surface area contributed by atoms with Gasteiger partial charge in [0.2, 0.25) is 0 Å². The zero-order chi connectivity index (χ0) is 15.0. The van der Waals surface area contributed by atoms with Gasteiger partial charge in [-0.25, -0.2) is 4.39 Å². The Hall–Kier alpha value is -2.39. The van der Waals surface area contributed by atoms with Gasteiger partial charge < -0.3 is 11.1 Å². The van der Waals surface area contributed by atoms with E-state index in [0.29, 0.717) is 15.6 Å². The second-order valence-electron chi connectivity index (χ2n) is 4.93. The minimum atomic E-state index is -0.337. The first-order chi connectivity index (χ1) is 10.1. The van der Waals surface area contributed by atoms with Crippen molar-refractivity contribution in [2.45, 2.75) is 12.8 Å².